The summed E-state index contributed by atoms with van der Waals surface area (Å²) in [4.78, 5) is 17.7. The highest BCUT2D eigenvalue weighted by Gasteiger charge is 2.19. The van der Waals surface area contributed by atoms with Crippen LogP contribution >= 0.6 is 0 Å². The van der Waals surface area contributed by atoms with E-state index in [0.717, 1.165) is 31.2 Å². The molecule has 1 aromatic carbocycles. The molecular formula is C19H31NO2. The molecular weight excluding hydrogens is 274 g/mol. The topological polar surface area (TPSA) is 38.3 Å². The van der Waals surface area contributed by atoms with Crippen LogP contribution in [0, 0.1) is 17.8 Å². The van der Waals surface area contributed by atoms with Gasteiger partial charge in [-0.25, -0.2) is 5.48 Å². The molecule has 3 heteroatoms. The molecule has 0 bridgehead atoms. The molecule has 0 unspecified atom stereocenters. The van der Waals surface area contributed by atoms with E-state index in [2.05, 4.69) is 33.2 Å². The molecule has 0 fully saturated rings. The predicted octanol–water partition coefficient (Wildman–Crippen LogP) is 4.72. The highest BCUT2D eigenvalue weighted by atomic mass is 16.6. The minimum atomic E-state index is 0.0252. The minimum absolute atomic E-state index is 0.0252. The molecule has 0 aromatic heterocycles. The SMILES string of the molecule is CC(C)CCC(CCC(C)C)C(=O)NOCc1ccccc1. The molecule has 0 aliphatic carbocycles. The van der Waals surface area contributed by atoms with Crippen molar-refractivity contribution in [1.82, 2.24) is 5.48 Å². The number of carbonyl (C=O) groups is 1. The standard InChI is InChI=1S/C19H31NO2/c1-15(2)10-12-18(13-11-16(3)4)19(21)20-22-14-17-8-6-5-7-9-17/h5-9,15-16,18H,10-14H2,1-4H3,(H,20,21). The van der Waals surface area contributed by atoms with Crippen LogP contribution in [0.15, 0.2) is 30.3 Å². The van der Waals surface area contributed by atoms with Gasteiger partial charge in [-0.1, -0.05) is 70.9 Å². The van der Waals surface area contributed by atoms with E-state index in [1.165, 1.54) is 0 Å². The van der Waals surface area contributed by atoms with E-state index in [0.29, 0.717) is 18.4 Å². The van der Waals surface area contributed by atoms with Crippen molar-refractivity contribution in [2.24, 2.45) is 17.8 Å². The molecule has 1 N–H and O–H groups in total. The van der Waals surface area contributed by atoms with Crippen molar-refractivity contribution in [1.29, 1.82) is 0 Å². The Morgan fingerprint density at radius 3 is 2.00 bits per heavy atom. The molecule has 1 amide bonds. The maximum absolute atomic E-state index is 12.3. The third-order valence-corrected chi connectivity index (χ3v) is 3.81. The van der Waals surface area contributed by atoms with Crippen LogP contribution in [-0.4, -0.2) is 5.91 Å². The summed E-state index contributed by atoms with van der Waals surface area (Å²) in [5.74, 6) is 1.33. The average Bonchev–Trinajstić information content (AvgIpc) is 2.47. The van der Waals surface area contributed by atoms with Crippen LogP contribution in [0.25, 0.3) is 0 Å². The van der Waals surface area contributed by atoms with Crippen molar-refractivity contribution in [3.8, 4) is 0 Å². The Morgan fingerprint density at radius 1 is 0.955 bits per heavy atom. The molecule has 3 nitrogen and oxygen atoms in total. The van der Waals surface area contributed by atoms with Gasteiger partial charge in [0.05, 0.1) is 6.61 Å². The van der Waals surface area contributed by atoms with Gasteiger partial charge in [-0.2, -0.15) is 0 Å². The summed E-state index contributed by atoms with van der Waals surface area (Å²) in [5.41, 5.74) is 3.70. The number of hydrogen-bond acceptors (Lipinski definition) is 2. The van der Waals surface area contributed by atoms with E-state index in [4.69, 9.17) is 4.84 Å². The van der Waals surface area contributed by atoms with Crippen LogP contribution in [-0.2, 0) is 16.2 Å². The van der Waals surface area contributed by atoms with Crippen LogP contribution in [0.5, 0.6) is 0 Å². The molecule has 0 aliphatic rings. The Morgan fingerprint density at radius 2 is 1.50 bits per heavy atom. The van der Waals surface area contributed by atoms with E-state index in [1.807, 2.05) is 30.3 Å². The van der Waals surface area contributed by atoms with E-state index < -0.39 is 0 Å². The Balaban J connectivity index is 2.40. The van der Waals surface area contributed by atoms with Crippen LogP contribution in [0.3, 0.4) is 0 Å². The molecule has 124 valence electrons. The second kappa shape index (κ2) is 10.4. The van der Waals surface area contributed by atoms with E-state index >= 15 is 0 Å². The maximum atomic E-state index is 12.3. The molecule has 0 aliphatic heterocycles. The Bertz CT molecular complexity index is 403. The van der Waals surface area contributed by atoms with Crippen molar-refractivity contribution in [3.05, 3.63) is 35.9 Å². The van der Waals surface area contributed by atoms with Gasteiger partial charge in [-0.3, -0.25) is 9.63 Å². The normalized spacial score (nSPS) is 11.4. The van der Waals surface area contributed by atoms with Gasteiger partial charge in [0, 0.05) is 5.92 Å². The second-order valence-electron chi connectivity index (χ2n) is 6.88. The fourth-order valence-corrected chi connectivity index (χ4v) is 2.32. The van der Waals surface area contributed by atoms with Crippen molar-refractivity contribution in [2.45, 2.75) is 60.0 Å². The largest absolute Gasteiger partial charge is 0.273 e. The van der Waals surface area contributed by atoms with Gasteiger partial charge in [0.25, 0.3) is 0 Å². The van der Waals surface area contributed by atoms with E-state index in [9.17, 15) is 4.79 Å². The zero-order chi connectivity index (χ0) is 16.4. The highest BCUT2D eigenvalue weighted by Crippen LogP contribution is 2.20. The summed E-state index contributed by atoms with van der Waals surface area (Å²) in [6.45, 7) is 9.20. The molecule has 0 saturated heterocycles. The van der Waals surface area contributed by atoms with Gasteiger partial charge < -0.3 is 0 Å². The van der Waals surface area contributed by atoms with Gasteiger partial charge >= 0.3 is 0 Å². The van der Waals surface area contributed by atoms with Crippen LogP contribution in [0.2, 0.25) is 0 Å². The van der Waals surface area contributed by atoms with Gasteiger partial charge in [0.15, 0.2) is 0 Å². The Hall–Kier alpha value is -1.35. The Labute approximate surface area is 135 Å². The third-order valence-electron chi connectivity index (χ3n) is 3.81. The number of carbonyl (C=O) groups excluding carboxylic acids is 1. The summed E-state index contributed by atoms with van der Waals surface area (Å²) in [7, 11) is 0. The third kappa shape index (κ3) is 8.18. The lowest BCUT2D eigenvalue weighted by Crippen LogP contribution is -2.31. The van der Waals surface area contributed by atoms with Crippen LogP contribution < -0.4 is 5.48 Å². The smallest absolute Gasteiger partial charge is 0.246 e. The summed E-state index contributed by atoms with van der Waals surface area (Å²) < 4.78 is 0. The lowest BCUT2D eigenvalue weighted by atomic mass is 9.91. The number of amides is 1. The van der Waals surface area contributed by atoms with Gasteiger partial charge in [-0.15, -0.1) is 0 Å². The lowest BCUT2D eigenvalue weighted by molar-refractivity contribution is -0.139. The molecule has 0 atom stereocenters. The molecule has 0 spiro atoms. The number of benzene rings is 1. The van der Waals surface area contributed by atoms with Crippen molar-refractivity contribution < 1.29 is 9.63 Å². The summed E-state index contributed by atoms with van der Waals surface area (Å²) in [6, 6.07) is 9.88. The quantitative estimate of drug-likeness (QED) is 0.635. The molecule has 22 heavy (non-hydrogen) atoms. The number of nitrogens with one attached hydrogen (secondary N) is 1. The zero-order valence-corrected chi connectivity index (χ0v) is 14.5. The van der Waals surface area contributed by atoms with Crippen molar-refractivity contribution in [3.63, 3.8) is 0 Å². The van der Waals surface area contributed by atoms with Crippen LogP contribution in [0.4, 0.5) is 0 Å². The Kier molecular flexibility index (Phi) is 8.83. The van der Waals surface area contributed by atoms with Crippen molar-refractivity contribution >= 4 is 5.91 Å². The zero-order valence-electron chi connectivity index (χ0n) is 14.5. The first-order chi connectivity index (χ1) is 10.5. The highest BCUT2D eigenvalue weighted by molar-refractivity contribution is 5.77. The van der Waals surface area contributed by atoms with Gasteiger partial charge in [-0.05, 0) is 30.2 Å². The molecule has 0 heterocycles. The summed E-state index contributed by atoms with van der Waals surface area (Å²) >= 11 is 0. The van der Waals surface area contributed by atoms with Crippen LogP contribution in [0.1, 0.15) is 58.9 Å². The molecule has 1 aromatic rings. The fraction of sp³-hybridized carbons (Fsp3) is 0.632. The van der Waals surface area contributed by atoms with E-state index in [-0.39, 0.29) is 11.8 Å². The molecule has 1 rings (SSSR count). The molecule has 0 saturated carbocycles. The first-order valence-electron chi connectivity index (χ1n) is 8.44. The number of hydroxylamine groups is 1. The summed E-state index contributed by atoms with van der Waals surface area (Å²) in [6.07, 6.45) is 4.03. The predicted molar refractivity (Wildman–Crippen MR) is 91.0 cm³/mol. The summed E-state index contributed by atoms with van der Waals surface area (Å²) in [5, 5.41) is 0. The minimum Gasteiger partial charge on any atom is -0.273 e. The average molecular weight is 305 g/mol. The first-order valence-corrected chi connectivity index (χ1v) is 8.44. The monoisotopic (exact) mass is 305 g/mol. The molecule has 0 radical (unpaired) electrons. The maximum Gasteiger partial charge on any atom is 0.246 e. The second-order valence-corrected chi connectivity index (χ2v) is 6.88. The van der Waals surface area contributed by atoms with Gasteiger partial charge in [0.2, 0.25) is 5.91 Å². The van der Waals surface area contributed by atoms with Gasteiger partial charge in [0.1, 0.15) is 0 Å². The first kappa shape index (κ1) is 18.7. The number of hydrogen-bond donors (Lipinski definition) is 1. The fourth-order valence-electron chi connectivity index (χ4n) is 2.32. The van der Waals surface area contributed by atoms with E-state index in [1.54, 1.807) is 0 Å². The lowest BCUT2D eigenvalue weighted by Gasteiger charge is -2.18. The number of rotatable bonds is 10. The van der Waals surface area contributed by atoms with Crippen molar-refractivity contribution in [2.75, 3.05) is 0 Å².